The molecular weight excluding hydrogens is 421 g/mol. The molecule has 0 bridgehead atoms. The number of halogens is 2. The predicted octanol–water partition coefficient (Wildman–Crippen LogP) is 2.93. The Hall–Kier alpha value is -3.15. The number of aryl methyl sites for hydroxylation is 1. The molecule has 160 valence electrons. The molecule has 1 aliphatic heterocycles. The number of pyridine rings is 2. The second-order valence-corrected chi connectivity index (χ2v) is 7.78. The topological polar surface area (TPSA) is 74.4 Å². The summed E-state index contributed by atoms with van der Waals surface area (Å²) < 4.78 is 20.6. The zero-order valence-electron chi connectivity index (χ0n) is 17.2. The van der Waals surface area contributed by atoms with Gasteiger partial charge in [-0.25, -0.2) is 9.37 Å². The first-order chi connectivity index (χ1) is 14.9. The van der Waals surface area contributed by atoms with Gasteiger partial charge in [0, 0.05) is 45.3 Å². The van der Waals surface area contributed by atoms with Gasteiger partial charge < -0.3 is 14.2 Å². The lowest BCUT2D eigenvalue weighted by molar-refractivity contribution is 0.245. The molecule has 0 amide bonds. The number of benzene rings is 1. The number of rotatable bonds is 4. The van der Waals surface area contributed by atoms with E-state index in [2.05, 4.69) is 16.0 Å². The summed E-state index contributed by atoms with van der Waals surface area (Å²) in [7, 11) is 3.08. The Morgan fingerprint density at radius 1 is 1.23 bits per heavy atom. The number of para-hydroxylation sites is 1. The lowest BCUT2D eigenvalue weighted by Crippen LogP contribution is -2.47. The molecule has 1 aromatic carbocycles. The zero-order chi connectivity index (χ0) is 22.1. The molecule has 3 heterocycles. The summed E-state index contributed by atoms with van der Waals surface area (Å²) in [6.07, 6.45) is 0. The van der Waals surface area contributed by atoms with E-state index >= 15 is 0 Å². The largest absolute Gasteiger partial charge is 0.493 e. The first-order valence-corrected chi connectivity index (χ1v) is 10.2. The van der Waals surface area contributed by atoms with Crippen LogP contribution in [0.25, 0.3) is 11.0 Å². The number of nitrogens with zero attached hydrogens (tertiary/aromatic N) is 5. The summed E-state index contributed by atoms with van der Waals surface area (Å²) in [6, 6.07) is 10.3. The van der Waals surface area contributed by atoms with Gasteiger partial charge in [-0.3, -0.25) is 9.69 Å². The number of aromatic nitrogens is 2. The van der Waals surface area contributed by atoms with Crippen LogP contribution in [0.5, 0.6) is 5.75 Å². The van der Waals surface area contributed by atoms with Crippen molar-refractivity contribution in [3.8, 4) is 11.8 Å². The van der Waals surface area contributed by atoms with Crippen LogP contribution < -0.4 is 15.2 Å². The summed E-state index contributed by atoms with van der Waals surface area (Å²) >= 11 is 6.12. The Morgan fingerprint density at radius 3 is 2.65 bits per heavy atom. The Balaban J connectivity index is 1.63. The Kier molecular flexibility index (Phi) is 5.81. The fourth-order valence-electron chi connectivity index (χ4n) is 4.06. The molecule has 4 rings (SSSR count). The van der Waals surface area contributed by atoms with Gasteiger partial charge in [-0.05, 0) is 18.2 Å². The molecule has 3 aromatic rings. The molecular formula is C22H21ClFN5O2. The van der Waals surface area contributed by atoms with E-state index in [1.54, 1.807) is 25.2 Å². The van der Waals surface area contributed by atoms with E-state index in [9.17, 15) is 14.4 Å². The number of anilines is 1. The van der Waals surface area contributed by atoms with Crippen molar-refractivity contribution in [3.63, 3.8) is 0 Å². The van der Waals surface area contributed by atoms with E-state index in [1.807, 2.05) is 11.0 Å². The first kappa shape index (κ1) is 21.1. The summed E-state index contributed by atoms with van der Waals surface area (Å²) in [4.78, 5) is 21.4. The standard InChI is InChI=1S/C22H21ClFN5O2/c1-27-17-6-7-18(23)26-19(17)20(15(12-25)22(27)30)29-10-8-28(9-11-29)13-14-4-3-5-16(24)21(14)31-2/h3-7H,8-11,13H2,1-2H3. The van der Waals surface area contributed by atoms with Gasteiger partial charge in [0.15, 0.2) is 11.6 Å². The Bertz CT molecular complexity index is 1250. The maximum absolute atomic E-state index is 14.0. The third kappa shape index (κ3) is 3.82. The van der Waals surface area contributed by atoms with Crippen LogP contribution in [0, 0.1) is 17.1 Å². The second kappa shape index (κ2) is 8.53. The molecule has 0 N–H and O–H groups in total. The fourth-order valence-corrected chi connectivity index (χ4v) is 4.20. The minimum atomic E-state index is -0.383. The minimum absolute atomic E-state index is 0.0602. The molecule has 1 aliphatic rings. The van der Waals surface area contributed by atoms with E-state index in [0.717, 1.165) is 5.56 Å². The highest BCUT2D eigenvalue weighted by atomic mass is 35.5. The number of piperazine rings is 1. The van der Waals surface area contributed by atoms with Crippen molar-refractivity contribution < 1.29 is 9.13 Å². The Morgan fingerprint density at radius 2 is 1.97 bits per heavy atom. The van der Waals surface area contributed by atoms with E-state index < -0.39 is 0 Å². The van der Waals surface area contributed by atoms with Gasteiger partial charge in [0.1, 0.15) is 22.3 Å². The van der Waals surface area contributed by atoms with Crippen LogP contribution in [0.3, 0.4) is 0 Å². The zero-order valence-corrected chi connectivity index (χ0v) is 18.0. The maximum Gasteiger partial charge on any atom is 0.270 e. The van der Waals surface area contributed by atoms with Crippen molar-refractivity contribution in [2.24, 2.45) is 7.05 Å². The van der Waals surface area contributed by atoms with Crippen LogP contribution >= 0.6 is 11.6 Å². The maximum atomic E-state index is 14.0. The summed E-state index contributed by atoms with van der Waals surface area (Å²) in [5, 5.41) is 10.0. The molecule has 31 heavy (non-hydrogen) atoms. The van der Waals surface area contributed by atoms with Crippen molar-refractivity contribution in [1.82, 2.24) is 14.5 Å². The van der Waals surface area contributed by atoms with Crippen molar-refractivity contribution >= 4 is 28.3 Å². The third-order valence-electron chi connectivity index (χ3n) is 5.63. The van der Waals surface area contributed by atoms with Crippen molar-refractivity contribution in [2.75, 3.05) is 38.2 Å². The summed E-state index contributed by atoms with van der Waals surface area (Å²) in [6.45, 7) is 3.05. The van der Waals surface area contributed by atoms with Gasteiger partial charge in [0.2, 0.25) is 0 Å². The van der Waals surface area contributed by atoms with E-state index in [0.29, 0.717) is 54.6 Å². The van der Waals surface area contributed by atoms with Crippen LogP contribution in [0.2, 0.25) is 5.15 Å². The number of hydrogen-bond donors (Lipinski definition) is 0. The average molecular weight is 442 g/mol. The number of ether oxygens (including phenoxy) is 1. The smallest absolute Gasteiger partial charge is 0.270 e. The van der Waals surface area contributed by atoms with E-state index in [1.165, 1.54) is 17.7 Å². The molecule has 2 aromatic heterocycles. The average Bonchev–Trinajstić information content (AvgIpc) is 2.77. The van der Waals surface area contributed by atoms with Crippen LogP contribution in [-0.4, -0.2) is 47.7 Å². The van der Waals surface area contributed by atoms with Crippen molar-refractivity contribution in [1.29, 1.82) is 5.26 Å². The first-order valence-electron chi connectivity index (χ1n) is 9.82. The number of methoxy groups -OCH3 is 1. The molecule has 0 atom stereocenters. The molecule has 1 fully saturated rings. The molecule has 0 saturated carbocycles. The molecule has 0 aliphatic carbocycles. The van der Waals surface area contributed by atoms with Crippen LogP contribution in [0.1, 0.15) is 11.1 Å². The van der Waals surface area contributed by atoms with Gasteiger partial charge in [0.05, 0.1) is 18.3 Å². The Labute approximate surface area is 183 Å². The number of fused-ring (bicyclic) bond motifs is 1. The van der Waals surface area contributed by atoms with Gasteiger partial charge in [-0.15, -0.1) is 0 Å². The summed E-state index contributed by atoms with van der Waals surface area (Å²) in [5.41, 5.74) is 2.15. The van der Waals surface area contributed by atoms with Crippen LogP contribution in [-0.2, 0) is 13.6 Å². The van der Waals surface area contributed by atoms with E-state index in [4.69, 9.17) is 16.3 Å². The van der Waals surface area contributed by atoms with Gasteiger partial charge in [-0.2, -0.15) is 5.26 Å². The monoisotopic (exact) mass is 441 g/mol. The van der Waals surface area contributed by atoms with Gasteiger partial charge >= 0.3 is 0 Å². The van der Waals surface area contributed by atoms with Gasteiger partial charge in [-0.1, -0.05) is 23.7 Å². The lowest BCUT2D eigenvalue weighted by Gasteiger charge is -2.37. The SMILES string of the molecule is COc1c(F)cccc1CN1CCN(c2c(C#N)c(=O)n(C)c3ccc(Cl)nc23)CC1. The summed E-state index contributed by atoms with van der Waals surface area (Å²) in [5.74, 6) is -0.125. The molecule has 0 spiro atoms. The number of nitriles is 1. The minimum Gasteiger partial charge on any atom is -0.493 e. The van der Waals surface area contributed by atoms with Gasteiger partial charge in [0.25, 0.3) is 5.56 Å². The van der Waals surface area contributed by atoms with E-state index in [-0.39, 0.29) is 22.7 Å². The fraction of sp³-hybridized carbons (Fsp3) is 0.318. The number of hydrogen-bond acceptors (Lipinski definition) is 6. The predicted molar refractivity (Wildman–Crippen MR) is 117 cm³/mol. The quantitative estimate of drug-likeness (QED) is 0.579. The molecule has 0 unspecified atom stereocenters. The molecule has 7 nitrogen and oxygen atoms in total. The highest BCUT2D eigenvalue weighted by Gasteiger charge is 2.26. The highest BCUT2D eigenvalue weighted by Crippen LogP contribution is 2.30. The molecule has 0 radical (unpaired) electrons. The molecule has 1 saturated heterocycles. The molecule has 9 heteroatoms. The second-order valence-electron chi connectivity index (χ2n) is 7.40. The lowest BCUT2D eigenvalue weighted by atomic mass is 10.1. The normalized spacial score (nSPS) is 14.6. The third-order valence-corrected chi connectivity index (χ3v) is 5.84. The van der Waals surface area contributed by atoms with Crippen molar-refractivity contribution in [3.05, 3.63) is 62.8 Å². The van der Waals surface area contributed by atoms with Crippen LogP contribution in [0.4, 0.5) is 10.1 Å². The highest BCUT2D eigenvalue weighted by molar-refractivity contribution is 6.29. The van der Waals surface area contributed by atoms with Crippen LogP contribution in [0.15, 0.2) is 35.1 Å². The van der Waals surface area contributed by atoms with Crippen molar-refractivity contribution in [2.45, 2.75) is 6.54 Å².